The van der Waals surface area contributed by atoms with Gasteiger partial charge in [0.05, 0.1) is 5.41 Å². The zero-order valence-electron chi connectivity index (χ0n) is 9.89. The molecule has 2 nitrogen and oxygen atoms in total. The third-order valence-electron chi connectivity index (χ3n) is 3.05. The van der Waals surface area contributed by atoms with E-state index in [0.29, 0.717) is 23.4 Å². The summed E-state index contributed by atoms with van der Waals surface area (Å²) in [7, 11) is 0. The Labute approximate surface area is 105 Å². The van der Waals surface area contributed by atoms with Crippen LogP contribution in [0.5, 0.6) is 0 Å². The number of carbonyl (C=O) groups is 1. The van der Waals surface area contributed by atoms with Gasteiger partial charge in [0.1, 0.15) is 5.82 Å². The van der Waals surface area contributed by atoms with Gasteiger partial charge in [0.2, 0.25) is 5.91 Å². The fourth-order valence-electron chi connectivity index (χ4n) is 2.02. The predicted molar refractivity (Wildman–Crippen MR) is 65.6 cm³/mol. The highest BCUT2D eigenvalue weighted by Crippen LogP contribution is 2.49. The fraction of sp³-hybridized carbons (Fsp3) is 0.462. The number of amides is 1. The minimum atomic E-state index is -0.668. The molecule has 1 aromatic rings. The smallest absolute Gasteiger partial charge is 0.230 e. The van der Waals surface area contributed by atoms with Gasteiger partial charge in [-0.15, -0.1) is 0 Å². The van der Waals surface area contributed by atoms with Gasteiger partial charge in [-0.1, -0.05) is 17.7 Å². The Morgan fingerprint density at radius 1 is 1.47 bits per heavy atom. The van der Waals surface area contributed by atoms with Crippen molar-refractivity contribution in [2.24, 2.45) is 0 Å². The standard InChI is InChI=1S/C13H15ClFNO/c1-8(2)16-12(17)13(5-6-13)10-4-3-9(14)7-11(10)15/h3-4,7-8H,5-6H2,1-2H3,(H,16,17). The van der Waals surface area contributed by atoms with Crippen molar-refractivity contribution in [3.63, 3.8) is 0 Å². The van der Waals surface area contributed by atoms with Crippen LogP contribution in [0.15, 0.2) is 18.2 Å². The van der Waals surface area contributed by atoms with Gasteiger partial charge in [-0.3, -0.25) is 4.79 Å². The predicted octanol–water partition coefficient (Wildman–Crippen LogP) is 3.04. The molecule has 0 atom stereocenters. The molecule has 1 aliphatic carbocycles. The molecule has 0 radical (unpaired) electrons. The molecule has 1 amide bonds. The zero-order valence-corrected chi connectivity index (χ0v) is 10.6. The van der Waals surface area contributed by atoms with Crippen LogP contribution in [0, 0.1) is 5.82 Å². The SMILES string of the molecule is CC(C)NC(=O)C1(c2ccc(Cl)cc2F)CC1. The van der Waals surface area contributed by atoms with Crippen LogP contribution in [0.25, 0.3) is 0 Å². The van der Waals surface area contributed by atoms with Crippen molar-refractivity contribution in [3.05, 3.63) is 34.6 Å². The van der Waals surface area contributed by atoms with Crippen LogP contribution in [0.4, 0.5) is 4.39 Å². The lowest BCUT2D eigenvalue weighted by Crippen LogP contribution is -2.39. The van der Waals surface area contributed by atoms with E-state index in [1.165, 1.54) is 6.07 Å². The number of nitrogens with one attached hydrogen (secondary N) is 1. The first-order valence-corrected chi connectivity index (χ1v) is 6.10. The molecule has 1 fully saturated rings. The molecule has 0 saturated heterocycles. The summed E-state index contributed by atoms with van der Waals surface area (Å²) in [6.45, 7) is 3.79. The molecule has 0 aliphatic heterocycles. The molecule has 0 aromatic heterocycles. The lowest BCUT2D eigenvalue weighted by atomic mass is 9.94. The van der Waals surface area contributed by atoms with Gasteiger partial charge in [-0.2, -0.15) is 0 Å². The normalized spacial score (nSPS) is 17.0. The number of benzene rings is 1. The van der Waals surface area contributed by atoms with Gasteiger partial charge in [-0.25, -0.2) is 4.39 Å². The topological polar surface area (TPSA) is 29.1 Å². The van der Waals surface area contributed by atoms with Crippen LogP contribution in [0.2, 0.25) is 5.02 Å². The maximum atomic E-state index is 13.8. The number of rotatable bonds is 3. The fourth-order valence-corrected chi connectivity index (χ4v) is 2.18. The molecule has 0 unspecified atom stereocenters. The van der Waals surface area contributed by atoms with E-state index in [2.05, 4.69) is 5.32 Å². The van der Waals surface area contributed by atoms with E-state index in [0.717, 1.165) is 0 Å². The van der Waals surface area contributed by atoms with E-state index in [1.807, 2.05) is 13.8 Å². The Morgan fingerprint density at radius 3 is 2.59 bits per heavy atom. The van der Waals surface area contributed by atoms with Crippen molar-refractivity contribution in [2.75, 3.05) is 0 Å². The quantitative estimate of drug-likeness (QED) is 0.884. The Balaban J connectivity index is 2.29. The summed E-state index contributed by atoms with van der Waals surface area (Å²) < 4.78 is 13.8. The number of carbonyl (C=O) groups excluding carboxylic acids is 1. The molecule has 0 bridgehead atoms. The molecule has 4 heteroatoms. The molecule has 1 saturated carbocycles. The highest BCUT2D eigenvalue weighted by molar-refractivity contribution is 6.30. The first-order chi connectivity index (χ1) is 7.95. The summed E-state index contributed by atoms with van der Waals surface area (Å²) in [6.07, 6.45) is 1.40. The Hall–Kier alpha value is -1.09. The summed E-state index contributed by atoms with van der Waals surface area (Å²) >= 11 is 5.71. The van der Waals surface area contributed by atoms with E-state index in [9.17, 15) is 9.18 Å². The summed E-state index contributed by atoms with van der Waals surface area (Å²) in [5.74, 6) is -0.484. The minimum absolute atomic E-state index is 0.0651. The van der Waals surface area contributed by atoms with E-state index >= 15 is 0 Å². The summed E-state index contributed by atoms with van der Waals surface area (Å²) in [5, 5.41) is 3.20. The average Bonchev–Trinajstić information content (AvgIpc) is 2.97. The molecule has 92 valence electrons. The lowest BCUT2D eigenvalue weighted by Gasteiger charge is -2.18. The summed E-state index contributed by atoms with van der Waals surface area (Å²) in [5.41, 5.74) is -0.209. The second-order valence-electron chi connectivity index (χ2n) is 4.83. The van der Waals surface area contributed by atoms with Crippen LogP contribution in [-0.4, -0.2) is 11.9 Å². The Kier molecular flexibility index (Phi) is 3.13. The van der Waals surface area contributed by atoms with Crippen molar-refractivity contribution in [1.29, 1.82) is 0 Å². The second kappa shape index (κ2) is 4.30. The van der Waals surface area contributed by atoms with Gasteiger partial charge in [0, 0.05) is 16.6 Å². The van der Waals surface area contributed by atoms with Crippen molar-refractivity contribution < 1.29 is 9.18 Å². The summed E-state index contributed by atoms with van der Waals surface area (Å²) in [6, 6.07) is 4.57. The molecule has 17 heavy (non-hydrogen) atoms. The highest BCUT2D eigenvalue weighted by Gasteiger charge is 2.52. The van der Waals surface area contributed by atoms with Gasteiger partial charge < -0.3 is 5.32 Å². The van der Waals surface area contributed by atoms with E-state index < -0.39 is 11.2 Å². The number of hydrogen-bond acceptors (Lipinski definition) is 1. The third kappa shape index (κ3) is 2.29. The van der Waals surface area contributed by atoms with Crippen molar-refractivity contribution in [3.8, 4) is 0 Å². The third-order valence-corrected chi connectivity index (χ3v) is 3.29. The monoisotopic (exact) mass is 255 g/mol. The maximum absolute atomic E-state index is 13.8. The van der Waals surface area contributed by atoms with Crippen LogP contribution in [-0.2, 0) is 10.2 Å². The van der Waals surface area contributed by atoms with Crippen LogP contribution in [0.3, 0.4) is 0 Å². The maximum Gasteiger partial charge on any atom is 0.230 e. The molecule has 2 rings (SSSR count). The molecular weight excluding hydrogens is 241 g/mol. The lowest BCUT2D eigenvalue weighted by molar-refractivity contribution is -0.124. The zero-order chi connectivity index (χ0) is 12.6. The molecule has 0 heterocycles. The van der Waals surface area contributed by atoms with Crippen molar-refractivity contribution in [1.82, 2.24) is 5.32 Å². The van der Waals surface area contributed by atoms with Gasteiger partial charge in [0.25, 0.3) is 0 Å². The second-order valence-corrected chi connectivity index (χ2v) is 5.27. The van der Waals surface area contributed by atoms with Gasteiger partial charge in [0.15, 0.2) is 0 Å². The van der Waals surface area contributed by atoms with Crippen LogP contribution in [0.1, 0.15) is 32.3 Å². The largest absolute Gasteiger partial charge is 0.353 e. The minimum Gasteiger partial charge on any atom is -0.353 e. The number of hydrogen-bond donors (Lipinski definition) is 1. The van der Waals surface area contributed by atoms with E-state index in [1.54, 1.807) is 12.1 Å². The van der Waals surface area contributed by atoms with Crippen LogP contribution >= 0.6 is 11.6 Å². The molecular formula is C13H15ClFNO. The Bertz CT molecular complexity index is 455. The van der Waals surface area contributed by atoms with Gasteiger partial charge in [-0.05, 0) is 38.8 Å². The summed E-state index contributed by atoms with van der Waals surface area (Å²) in [4.78, 5) is 12.1. The van der Waals surface area contributed by atoms with Crippen molar-refractivity contribution in [2.45, 2.75) is 38.1 Å². The van der Waals surface area contributed by atoms with Crippen LogP contribution < -0.4 is 5.32 Å². The molecule has 1 N–H and O–H groups in total. The first-order valence-electron chi connectivity index (χ1n) is 5.72. The van der Waals surface area contributed by atoms with Gasteiger partial charge >= 0.3 is 0 Å². The highest BCUT2D eigenvalue weighted by atomic mass is 35.5. The number of halogens is 2. The van der Waals surface area contributed by atoms with E-state index in [4.69, 9.17) is 11.6 Å². The van der Waals surface area contributed by atoms with E-state index in [-0.39, 0.29) is 11.9 Å². The molecule has 0 spiro atoms. The van der Waals surface area contributed by atoms with Crippen molar-refractivity contribution >= 4 is 17.5 Å². The first kappa shape index (κ1) is 12.4. The molecule has 1 aliphatic rings. The Morgan fingerprint density at radius 2 is 2.12 bits per heavy atom. The molecule has 1 aromatic carbocycles. The average molecular weight is 256 g/mol.